The fourth-order valence-corrected chi connectivity index (χ4v) is 0. The van der Waals surface area contributed by atoms with E-state index in [1.807, 2.05) is 0 Å². The van der Waals surface area contributed by atoms with Gasteiger partial charge in [0.15, 0.2) is 0 Å². The minimum atomic E-state index is -0.667. The standard InChI is InChI=1S/C2H7BrGe/c1-4(2)3/h4H,1-2H3. The van der Waals surface area contributed by atoms with Crippen molar-refractivity contribution in [2.75, 3.05) is 0 Å². The Balaban J connectivity index is 2.32. The zero-order valence-electron chi connectivity index (χ0n) is 2.96. The molecule has 0 atom stereocenters. The second-order valence-corrected chi connectivity index (χ2v) is 14.8. The summed E-state index contributed by atoms with van der Waals surface area (Å²) in [5, 5.41) is 0. The van der Waals surface area contributed by atoms with Crippen LogP contribution in [0.1, 0.15) is 0 Å². The van der Waals surface area contributed by atoms with Gasteiger partial charge in [-0.05, 0) is 0 Å². The number of hydrogen-bond acceptors (Lipinski definition) is 0. The van der Waals surface area contributed by atoms with Crippen molar-refractivity contribution in [1.29, 1.82) is 0 Å². The summed E-state index contributed by atoms with van der Waals surface area (Å²) in [6.07, 6.45) is 0. The summed E-state index contributed by atoms with van der Waals surface area (Å²) in [4.78, 5) is 0. The van der Waals surface area contributed by atoms with E-state index in [4.69, 9.17) is 0 Å². The van der Waals surface area contributed by atoms with E-state index in [9.17, 15) is 0 Å². The molecule has 0 spiro atoms. The quantitative estimate of drug-likeness (QED) is 0.498. The predicted octanol–water partition coefficient (Wildman–Crippen LogP) is 1.36. The van der Waals surface area contributed by atoms with Crippen molar-refractivity contribution in [3.05, 3.63) is 0 Å². The molecule has 0 rings (SSSR count). The van der Waals surface area contributed by atoms with E-state index in [0.29, 0.717) is 0 Å². The summed E-state index contributed by atoms with van der Waals surface area (Å²) in [5.74, 6) is 4.54. The number of halogens is 1. The molecule has 26 valence electrons. The van der Waals surface area contributed by atoms with Crippen molar-refractivity contribution in [2.24, 2.45) is 0 Å². The molecule has 0 N–H and O–H groups in total. The molecule has 0 heterocycles. The van der Waals surface area contributed by atoms with E-state index in [1.54, 1.807) is 0 Å². The maximum absolute atomic E-state index is 3.46. The van der Waals surface area contributed by atoms with E-state index < -0.39 is 12.5 Å². The van der Waals surface area contributed by atoms with Gasteiger partial charge in [-0.3, -0.25) is 0 Å². The Hall–Kier alpha value is 1.02. The summed E-state index contributed by atoms with van der Waals surface area (Å²) in [5.41, 5.74) is 0. The summed E-state index contributed by atoms with van der Waals surface area (Å²) in [7, 11) is 0. The second kappa shape index (κ2) is 2.27. The molecule has 0 unspecified atom stereocenters. The normalized spacial score (nSPS) is 9.00. The van der Waals surface area contributed by atoms with Crippen LogP contribution in [-0.4, -0.2) is 12.5 Å². The van der Waals surface area contributed by atoms with Crippen LogP contribution >= 0.6 is 14.0 Å². The molecule has 0 aromatic heterocycles. The van der Waals surface area contributed by atoms with Gasteiger partial charge in [-0.2, -0.15) is 0 Å². The Morgan fingerprint density at radius 3 is 1.50 bits per heavy atom. The zero-order valence-corrected chi connectivity index (χ0v) is 6.96. The first kappa shape index (κ1) is 5.02. The first-order valence-electron chi connectivity index (χ1n) is 1.37. The summed E-state index contributed by atoms with van der Waals surface area (Å²) in [6.45, 7) is 0. The number of hydrogen-bond donors (Lipinski definition) is 0. The maximum atomic E-state index is 3.46. The molecule has 2 heteroatoms. The first-order valence-corrected chi connectivity index (χ1v) is 11.9. The van der Waals surface area contributed by atoms with Crippen LogP contribution in [0.4, 0.5) is 0 Å². The summed E-state index contributed by atoms with van der Waals surface area (Å²) >= 11 is 2.79. The Morgan fingerprint density at radius 2 is 1.50 bits per heavy atom. The Bertz CT molecular complexity index is 10.8. The van der Waals surface area contributed by atoms with Gasteiger partial charge in [0.25, 0.3) is 0 Å². The minimum absolute atomic E-state index is 0.667. The molecule has 0 saturated heterocycles. The second-order valence-electron chi connectivity index (χ2n) is 1.01. The van der Waals surface area contributed by atoms with Crippen molar-refractivity contribution < 1.29 is 0 Å². The summed E-state index contributed by atoms with van der Waals surface area (Å²) < 4.78 is 0. The molecule has 0 radical (unpaired) electrons. The average Bonchev–Trinajstić information content (AvgIpc) is 0.811. The molecule has 4 heavy (non-hydrogen) atoms. The van der Waals surface area contributed by atoms with Crippen molar-refractivity contribution >= 4 is 26.5 Å². The molecule has 0 aromatic rings. The van der Waals surface area contributed by atoms with Gasteiger partial charge in [0, 0.05) is 0 Å². The van der Waals surface area contributed by atoms with Crippen LogP contribution in [0.3, 0.4) is 0 Å². The zero-order chi connectivity index (χ0) is 3.58. The van der Waals surface area contributed by atoms with Crippen LogP contribution in [0.5, 0.6) is 0 Å². The molecule has 0 nitrogen and oxygen atoms in total. The third kappa shape index (κ3) is 11.8. The van der Waals surface area contributed by atoms with Crippen molar-refractivity contribution in [3.63, 3.8) is 0 Å². The van der Waals surface area contributed by atoms with Gasteiger partial charge in [-0.15, -0.1) is 0 Å². The molecule has 0 amide bonds. The van der Waals surface area contributed by atoms with Gasteiger partial charge in [0.1, 0.15) is 0 Å². The van der Waals surface area contributed by atoms with E-state index in [2.05, 4.69) is 25.5 Å². The third-order valence-electron chi connectivity index (χ3n) is 0. The van der Waals surface area contributed by atoms with Crippen molar-refractivity contribution in [1.82, 2.24) is 0 Å². The molecule has 0 saturated carbocycles. The molecule has 0 aliphatic heterocycles. The van der Waals surface area contributed by atoms with E-state index in [1.165, 1.54) is 0 Å². The first-order chi connectivity index (χ1) is 1.73. The van der Waals surface area contributed by atoms with Crippen LogP contribution in [0.25, 0.3) is 0 Å². The van der Waals surface area contributed by atoms with Crippen molar-refractivity contribution in [2.45, 2.75) is 11.5 Å². The molecule has 0 bridgehead atoms. The van der Waals surface area contributed by atoms with Gasteiger partial charge in [-0.1, -0.05) is 0 Å². The molecule has 0 fully saturated rings. The summed E-state index contributed by atoms with van der Waals surface area (Å²) in [6, 6.07) is 0. The van der Waals surface area contributed by atoms with Gasteiger partial charge in [-0.25, -0.2) is 0 Å². The molecular weight excluding hydrogens is 177 g/mol. The fraction of sp³-hybridized carbons (Fsp3) is 1.00. The predicted molar refractivity (Wildman–Crippen MR) is 27.8 cm³/mol. The van der Waals surface area contributed by atoms with Gasteiger partial charge in [0.2, 0.25) is 0 Å². The Labute approximate surface area is 38.3 Å². The SMILES string of the molecule is [CH3][GeH]([CH3])[Br]. The average molecular weight is 184 g/mol. The monoisotopic (exact) mass is 184 g/mol. The molecule has 0 aliphatic rings. The van der Waals surface area contributed by atoms with Crippen LogP contribution in [0.2, 0.25) is 11.5 Å². The molecular formula is C2H7BrGe. The molecule has 0 aromatic carbocycles. The van der Waals surface area contributed by atoms with E-state index >= 15 is 0 Å². The number of rotatable bonds is 0. The van der Waals surface area contributed by atoms with Crippen LogP contribution in [-0.2, 0) is 0 Å². The van der Waals surface area contributed by atoms with Crippen LogP contribution < -0.4 is 0 Å². The Morgan fingerprint density at radius 1 is 1.50 bits per heavy atom. The van der Waals surface area contributed by atoms with Gasteiger partial charge in [0.05, 0.1) is 0 Å². The molecule has 0 aliphatic carbocycles. The topological polar surface area (TPSA) is 0 Å². The van der Waals surface area contributed by atoms with E-state index in [-0.39, 0.29) is 0 Å². The van der Waals surface area contributed by atoms with Gasteiger partial charge < -0.3 is 0 Å². The van der Waals surface area contributed by atoms with Crippen molar-refractivity contribution in [3.8, 4) is 0 Å². The fourth-order valence-electron chi connectivity index (χ4n) is 0. The van der Waals surface area contributed by atoms with Gasteiger partial charge >= 0.3 is 38.0 Å². The van der Waals surface area contributed by atoms with Crippen LogP contribution in [0, 0.1) is 0 Å². The van der Waals surface area contributed by atoms with Crippen LogP contribution in [0.15, 0.2) is 0 Å². The Kier molecular flexibility index (Phi) is 2.85. The van der Waals surface area contributed by atoms with E-state index in [0.717, 1.165) is 0 Å². The third-order valence-corrected chi connectivity index (χ3v) is 0.